The van der Waals surface area contributed by atoms with E-state index in [0.29, 0.717) is 19.3 Å². The van der Waals surface area contributed by atoms with Crippen molar-refractivity contribution in [1.29, 1.82) is 0 Å². The maximum atomic E-state index is 12.7. The van der Waals surface area contributed by atoms with Crippen molar-refractivity contribution in [3.63, 3.8) is 0 Å². The van der Waals surface area contributed by atoms with Gasteiger partial charge in [-0.3, -0.25) is 14.4 Å². The second-order valence-corrected chi connectivity index (χ2v) is 14.3. The van der Waals surface area contributed by atoms with E-state index in [1.807, 2.05) is 36.5 Å². The highest BCUT2D eigenvalue weighted by molar-refractivity contribution is 5.71. The smallest absolute Gasteiger partial charge is 0.306 e. The Kier molecular flexibility index (Phi) is 39.6. The Morgan fingerprint density at radius 2 is 0.774 bits per heavy atom. The molecular weight excluding hydrogens is 661 g/mol. The molecule has 6 nitrogen and oxygen atoms in total. The molecular formula is C47H80O6. The monoisotopic (exact) mass is 741 g/mol. The zero-order valence-electron chi connectivity index (χ0n) is 34.5. The second kappa shape index (κ2) is 41.9. The molecule has 0 spiro atoms. The highest BCUT2D eigenvalue weighted by atomic mass is 16.6. The van der Waals surface area contributed by atoms with Gasteiger partial charge in [-0.2, -0.15) is 0 Å². The molecule has 6 heteroatoms. The molecule has 0 aromatic heterocycles. The van der Waals surface area contributed by atoms with Crippen molar-refractivity contribution in [3.05, 3.63) is 60.8 Å². The van der Waals surface area contributed by atoms with Crippen LogP contribution in [0.5, 0.6) is 0 Å². The summed E-state index contributed by atoms with van der Waals surface area (Å²) in [6.45, 7) is 6.39. The van der Waals surface area contributed by atoms with Gasteiger partial charge in [0.15, 0.2) is 6.10 Å². The standard InChI is InChI=1S/C47H80O6/c1-4-7-10-13-16-19-22-23-26-28-31-34-37-40-46(49)52-43-44(53-47(50)41-38-35-32-29-25-21-18-15-12-9-6-3)42-51-45(48)39-36-33-30-27-24-20-17-14-11-8-5-2/h7,10,13,15-16,18-19,22-23,26,44H,4-6,8-9,11-12,14,17,20-21,24-25,27-43H2,1-3H3/b10-7-,16-13-,18-15-,22-19-,26-23-. The van der Waals surface area contributed by atoms with Crippen molar-refractivity contribution in [2.24, 2.45) is 0 Å². The highest BCUT2D eigenvalue weighted by Crippen LogP contribution is 2.14. The molecule has 0 aromatic rings. The number of hydrogen-bond donors (Lipinski definition) is 0. The molecule has 0 N–H and O–H groups in total. The maximum Gasteiger partial charge on any atom is 0.306 e. The molecule has 0 saturated carbocycles. The van der Waals surface area contributed by atoms with Gasteiger partial charge in [-0.1, -0.05) is 184 Å². The van der Waals surface area contributed by atoms with Crippen LogP contribution >= 0.6 is 0 Å². The molecule has 0 rings (SSSR count). The van der Waals surface area contributed by atoms with E-state index in [9.17, 15) is 14.4 Å². The van der Waals surface area contributed by atoms with Crippen LogP contribution in [0.2, 0.25) is 0 Å². The van der Waals surface area contributed by atoms with E-state index in [2.05, 4.69) is 45.1 Å². The third kappa shape index (κ3) is 40.1. The van der Waals surface area contributed by atoms with Crippen molar-refractivity contribution in [1.82, 2.24) is 0 Å². The van der Waals surface area contributed by atoms with Gasteiger partial charge in [0.25, 0.3) is 0 Å². The van der Waals surface area contributed by atoms with Crippen LogP contribution in [0, 0.1) is 0 Å². The number of ether oxygens (including phenoxy) is 3. The van der Waals surface area contributed by atoms with Gasteiger partial charge in [0, 0.05) is 19.3 Å². The van der Waals surface area contributed by atoms with Crippen molar-refractivity contribution in [3.8, 4) is 0 Å². The predicted octanol–water partition coefficient (Wildman–Crippen LogP) is 13.7. The van der Waals surface area contributed by atoms with Gasteiger partial charge >= 0.3 is 17.9 Å². The topological polar surface area (TPSA) is 78.9 Å². The zero-order chi connectivity index (χ0) is 38.7. The van der Waals surface area contributed by atoms with Crippen LogP contribution in [0.15, 0.2) is 60.8 Å². The average molecular weight is 741 g/mol. The lowest BCUT2D eigenvalue weighted by atomic mass is 10.1. The van der Waals surface area contributed by atoms with Gasteiger partial charge < -0.3 is 14.2 Å². The molecule has 0 aromatic carbocycles. The fraction of sp³-hybridized carbons (Fsp3) is 0.723. The largest absolute Gasteiger partial charge is 0.462 e. The quantitative estimate of drug-likeness (QED) is 0.0206. The van der Waals surface area contributed by atoms with Gasteiger partial charge in [-0.25, -0.2) is 0 Å². The first-order valence-corrected chi connectivity index (χ1v) is 21.8. The summed E-state index contributed by atoms with van der Waals surface area (Å²) in [6.07, 6.45) is 49.1. The SMILES string of the molecule is CC\C=C/C=C\C=C/C=C\CCCCCC(=O)OCC(COC(=O)CCCCCCCCCCCCC)OC(=O)CCCCCCC/C=C\CCCC. The first kappa shape index (κ1) is 50.1. The Morgan fingerprint density at radius 3 is 1.28 bits per heavy atom. The van der Waals surface area contributed by atoms with Gasteiger partial charge in [0.2, 0.25) is 0 Å². The fourth-order valence-electron chi connectivity index (χ4n) is 5.78. The number of unbranched alkanes of at least 4 members (excludes halogenated alkanes) is 20. The molecule has 1 unspecified atom stereocenters. The van der Waals surface area contributed by atoms with Crippen LogP contribution in [0.3, 0.4) is 0 Å². The molecule has 0 saturated heterocycles. The highest BCUT2D eigenvalue weighted by Gasteiger charge is 2.19. The Hall–Kier alpha value is -2.89. The Labute approximate surface area is 326 Å². The third-order valence-corrected chi connectivity index (χ3v) is 9.10. The van der Waals surface area contributed by atoms with Gasteiger partial charge in [0.1, 0.15) is 13.2 Å². The lowest BCUT2D eigenvalue weighted by molar-refractivity contribution is -0.167. The predicted molar refractivity (Wildman–Crippen MR) is 224 cm³/mol. The van der Waals surface area contributed by atoms with E-state index in [4.69, 9.17) is 14.2 Å². The molecule has 0 aliphatic heterocycles. The molecule has 0 bridgehead atoms. The first-order chi connectivity index (χ1) is 26.0. The number of esters is 3. The fourth-order valence-corrected chi connectivity index (χ4v) is 5.78. The molecule has 0 fully saturated rings. The summed E-state index contributed by atoms with van der Waals surface area (Å²) in [5.74, 6) is -0.946. The second-order valence-electron chi connectivity index (χ2n) is 14.3. The van der Waals surface area contributed by atoms with E-state index >= 15 is 0 Å². The molecule has 0 heterocycles. The van der Waals surface area contributed by atoms with Crippen LogP contribution in [0.1, 0.15) is 201 Å². The lowest BCUT2D eigenvalue weighted by Crippen LogP contribution is -2.30. The Morgan fingerprint density at radius 1 is 0.396 bits per heavy atom. The van der Waals surface area contributed by atoms with Gasteiger partial charge in [-0.05, 0) is 57.8 Å². The van der Waals surface area contributed by atoms with E-state index in [1.165, 1.54) is 77.0 Å². The van der Waals surface area contributed by atoms with E-state index in [1.54, 1.807) is 0 Å². The zero-order valence-corrected chi connectivity index (χ0v) is 34.5. The number of carbonyl (C=O) groups excluding carboxylic acids is 3. The molecule has 0 aliphatic carbocycles. The number of hydrogen-bond acceptors (Lipinski definition) is 6. The van der Waals surface area contributed by atoms with E-state index < -0.39 is 6.10 Å². The Bertz CT molecular complexity index is 991. The van der Waals surface area contributed by atoms with Crippen molar-refractivity contribution < 1.29 is 28.6 Å². The molecule has 0 radical (unpaired) electrons. The Balaban J connectivity index is 4.46. The van der Waals surface area contributed by atoms with Crippen molar-refractivity contribution in [2.45, 2.75) is 207 Å². The minimum Gasteiger partial charge on any atom is -0.462 e. The molecule has 0 amide bonds. The number of allylic oxidation sites excluding steroid dienone is 10. The minimum absolute atomic E-state index is 0.0896. The summed E-state index contributed by atoms with van der Waals surface area (Å²) in [6, 6.07) is 0. The maximum absolute atomic E-state index is 12.7. The summed E-state index contributed by atoms with van der Waals surface area (Å²) >= 11 is 0. The summed E-state index contributed by atoms with van der Waals surface area (Å²) in [5.41, 5.74) is 0. The summed E-state index contributed by atoms with van der Waals surface area (Å²) in [4.78, 5) is 37.6. The summed E-state index contributed by atoms with van der Waals surface area (Å²) in [5, 5.41) is 0. The van der Waals surface area contributed by atoms with Crippen LogP contribution in [-0.4, -0.2) is 37.2 Å². The van der Waals surface area contributed by atoms with Crippen LogP contribution in [0.25, 0.3) is 0 Å². The first-order valence-electron chi connectivity index (χ1n) is 21.8. The van der Waals surface area contributed by atoms with Crippen molar-refractivity contribution >= 4 is 17.9 Å². The third-order valence-electron chi connectivity index (χ3n) is 9.10. The van der Waals surface area contributed by atoms with Crippen LogP contribution in [-0.2, 0) is 28.6 Å². The molecule has 1 atom stereocenters. The van der Waals surface area contributed by atoms with Gasteiger partial charge in [-0.15, -0.1) is 0 Å². The molecule has 304 valence electrons. The summed E-state index contributed by atoms with van der Waals surface area (Å²) in [7, 11) is 0. The lowest BCUT2D eigenvalue weighted by Gasteiger charge is -2.18. The van der Waals surface area contributed by atoms with E-state index in [-0.39, 0.29) is 31.1 Å². The minimum atomic E-state index is -0.789. The number of rotatable bonds is 38. The van der Waals surface area contributed by atoms with Gasteiger partial charge in [0.05, 0.1) is 0 Å². The average Bonchev–Trinajstić information content (AvgIpc) is 3.15. The normalized spacial score (nSPS) is 12.6. The van der Waals surface area contributed by atoms with E-state index in [0.717, 1.165) is 83.5 Å². The van der Waals surface area contributed by atoms with Crippen molar-refractivity contribution in [2.75, 3.05) is 13.2 Å². The summed E-state index contributed by atoms with van der Waals surface area (Å²) < 4.78 is 16.6. The number of carbonyl (C=O) groups is 3. The van der Waals surface area contributed by atoms with Crippen LogP contribution < -0.4 is 0 Å². The molecule has 0 aliphatic rings. The molecule has 53 heavy (non-hydrogen) atoms. The van der Waals surface area contributed by atoms with Crippen LogP contribution in [0.4, 0.5) is 0 Å².